The van der Waals surface area contributed by atoms with E-state index in [1.165, 1.54) is 12.7 Å². The van der Waals surface area contributed by atoms with E-state index in [2.05, 4.69) is 53.2 Å². The molecule has 2 aromatic rings. The Bertz CT molecular complexity index is 1170. The lowest BCUT2D eigenvalue weighted by molar-refractivity contribution is -0.0423. The lowest BCUT2D eigenvalue weighted by Gasteiger charge is -2.30. The van der Waals surface area contributed by atoms with Crippen molar-refractivity contribution in [3.63, 3.8) is 0 Å². The number of anilines is 1. The molecule has 0 saturated carbocycles. The third-order valence-electron chi connectivity index (χ3n) is 7.12. The number of nitrogen functional groups attached to an aromatic ring is 1. The van der Waals surface area contributed by atoms with Crippen LogP contribution in [0.1, 0.15) is 33.4 Å². The van der Waals surface area contributed by atoms with Gasteiger partial charge >= 0.3 is 6.03 Å². The lowest BCUT2D eigenvalue weighted by atomic mass is 9.77. The maximum atomic E-state index is 12.6. The summed E-state index contributed by atoms with van der Waals surface area (Å²) in [6.45, 7) is 8.02. The van der Waals surface area contributed by atoms with E-state index in [1.54, 1.807) is 16.5 Å². The Hall–Kier alpha value is -3.06. The van der Waals surface area contributed by atoms with Crippen LogP contribution < -0.4 is 11.1 Å². The second-order valence-corrected chi connectivity index (χ2v) is 11.0. The quantitative estimate of drug-likeness (QED) is 0.425. The number of nitrogens with two attached hydrogens (primary N) is 1. The van der Waals surface area contributed by atoms with E-state index in [1.807, 2.05) is 18.0 Å². The fraction of sp³-hybridized carbons (Fsp3) is 0.600. The summed E-state index contributed by atoms with van der Waals surface area (Å²) in [5.41, 5.74) is 7.67. The molecule has 3 heterocycles. The highest BCUT2D eigenvalue weighted by Gasteiger charge is 2.44. The highest BCUT2D eigenvalue weighted by atomic mass is 16.6. The molecule has 12 heteroatoms. The van der Waals surface area contributed by atoms with E-state index in [0.29, 0.717) is 36.7 Å². The summed E-state index contributed by atoms with van der Waals surface area (Å²) in [5.74, 6) is 0.677. The summed E-state index contributed by atoms with van der Waals surface area (Å²) in [6.07, 6.45) is 6.10. The van der Waals surface area contributed by atoms with Gasteiger partial charge in [-0.05, 0) is 30.9 Å². The fourth-order valence-corrected chi connectivity index (χ4v) is 4.56. The average molecular weight is 515 g/mol. The maximum absolute atomic E-state index is 12.6. The number of hydrogen-bond donors (Lipinski definition) is 4. The first-order chi connectivity index (χ1) is 17.5. The molecular weight excluding hydrogens is 476 g/mol. The normalized spacial score (nSPS) is 26.1. The molecule has 1 saturated heterocycles. The van der Waals surface area contributed by atoms with E-state index < -0.39 is 24.5 Å². The van der Waals surface area contributed by atoms with Gasteiger partial charge in [0, 0.05) is 32.4 Å². The SMILES string of the molecule is CN(CCN(C)C(=O)NC1=CCC(C(C)(C)C)C=C1)C[C@H]1O[C@@H](n2cnc3c(N)ncnc32)[C@H](O)[C@@H]1O. The van der Waals surface area contributed by atoms with Crippen molar-refractivity contribution in [1.82, 2.24) is 34.6 Å². The molecular formula is C25H38N8O4. The van der Waals surface area contributed by atoms with Gasteiger partial charge in [-0.1, -0.05) is 32.9 Å². The lowest BCUT2D eigenvalue weighted by Crippen LogP contribution is -2.43. The molecule has 0 aromatic carbocycles. The summed E-state index contributed by atoms with van der Waals surface area (Å²) in [5, 5.41) is 24.3. The number of imidazole rings is 1. The number of carbonyl (C=O) groups is 1. The maximum Gasteiger partial charge on any atom is 0.321 e. The molecule has 1 fully saturated rings. The molecule has 1 aliphatic heterocycles. The number of ether oxygens (including phenoxy) is 1. The Labute approximate surface area is 216 Å². The first-order valence-electron chi connectivity index (χ1n) is 12.5. The number of nitrogens with one attached hydrogen (secondary N) is 1. The average Bonchev–Trinajstić information content (AvgIpc) is 3.39. The first-order valence-corrected chi connectivity index (χ1v) is 12.5. The molecule has 2 aromatic heterocycles. The summed E-state index contributed by atoms with van der Waals surface area (Å²) in [7, 11) is 3.62. The van der Waals surface area contributed by atoms with Crippen molar-refractivity contribution in [2.45, 2.75) is 51.7 Å². The Morgan fingerprint density at radius 1 is 1.22 bits per heavy atom. The van der Waals surface area contributed by atoms with Gasteiger partial charge in [-0.15, -0.1) is 0 Å². The first kappa shape index (κ1) is 27.0. The van der Waals surface area contributed by atoms with Crippen LogP contribution in [0.2, 0.25) is 0 Å². The van der Waals surface area contributed by atoms with Crippen LogP contribution in [0.4, 0.5) is 10.6 Å². The van der Waals surface area contributed by atoms with Gasteiger partial charge in [0.1, 0.15) is 30.2 Å². The molecule has 12 nitrogen and oxygen atoms in total. The zero-order valence-corrected chi connectivity index (χ0v) is 22.1. The Morgan fingerprint density at radius 2 is 1.97 bits per heavy atom. The minimum atomic E-state index is -1.17. The monoisotopic (exact) mass is 514 g/mol. The van der Waals surface area contributed by atoms with Crippen LogP contribution in [-0.4, -0.2) is 97.6 Å². The van der Waals surface area contributed by atoms with E-state index in [4.69, 9.17) is 10.5 Å². The van der Waals surface area contributed by atoms with Crippen LogP contribution in [0.5, 0.6) is 0 Å². The third-order valence-corrected chi connectivity index (χ3v) is 7.12. The van der Waals surface area contributed by atoms with Gasteiger partial charge in [0.15, 0.2) is 17.7 Å². The molecule has 2 aliphatic rings. The Balaban J connectivity index is 1.27. The molecule has 1 aliphatic carbocycles. The van der Waals surface area contributed by atoms with Gasteiger partial charge in [0.05, 0.1) is 6.33 Å². The van der Waals surface area contributed by atoms with Gasteiger partial charge in [0.25, 0.3) is 0 Å². The fourth-order valence-electron chi connectivity index (χ4n) is 4.56. The zero-order chi connectivity index (χ0) is 26.9. The van der Waals surface area contributed by atoms with Crippen LogP contribution in [0.25, 0.3) is 11.2 Å². The van der Waals surface area contributed by atoms with E-state index in [0.717, 1.165) is 12.1 Å². The third kappa shape index (κ3) is 5.93. The predicted octanol–water partition coefficient (Wildman–Crippen LogP) is 1.11. The molecule has 202 valence electrons. The number of allylic oxidation sites excluding steroid dienone is 3. The van der Waals surface area contributed by atoms with Crippen molar-refractivity contribution in [3.05, 3.63) is 36.6 Å². The van der Waals surface area contributed by atoms with Crippen LogP contribution in [-0.2, 0) is 4.74 Å². The van der Waals surface area contributed by atoms with Gasteiger partial charge in [-0.3, -0.25) is 4.57 Å². The number of hydrogen-bond acceptors (Lipinski definition) is 9. The van der Waals surface area contributed by atoms with Crippen molar-refractivity contribution in [1.29, 1.82) is 0 Å². The van der Waals surface area contributed by atoms with Crippen molar-refractivity contribution in [3.8, 4) is 0 Å². The van der Waals surface area contributed by atoms with E-state index in [9.17, 15) is 15.0 Å². The van der Waals surface area contributed by atoms with Gasteiger partial charge in [0.2, 0.25) is 0 Å². The predicted molar refractivity (Wildman–Crippen MR) is 139 cm³/mol. The minimum Gasteiger partial charge on any atom is -0.387 e. The van der Waals surface area contributed by atoms with Crippen LogP contribution in [0, 0.1) is 11.3 Å². The number of likely N-dealkylation sites (N-methyl/N-ethyl adjacent to an activating group) is 2. The molecule has 2 amide bonds. The summed E-state index contributed by atoms with van der Waals surface area (Å²) in [4.78, 5) is 28.5. The number of urea groups is 1. The highest BCUT2D eigenvalue weighted by Crippen LogP contribution is 2.33. The van der Waals surface area contributed by atoms with Crippen molar-refractivity contribution in [2.24, 2.45) is 11.3 Å². The number of aliphatic hydroxyl groups excluding tert-OH is 2. The van der Waals surface area contributed by atoms with Gasteiger partial charge < -0.3 is 35.8 Å². The minimum absolute atomic E-state index is 0.181. The number of nitrogens with zero attached hydrogens (tertiary/aromatic N) is 6. The molecule has 0 spiro atoms. The number of aliphatic hydroxyl groups is 2. The largest absolute Gasteiger partial charge is 0.387 e. The Morgan fingerprint density at radius 3 is 2.65 bits per heavy atom. The van der Waals surface area contributed by atoms with Gasteiger partial charge in [-0.2, -0.15) is 0 Å². The summed E-state index contributed by atoms with van der Waals surface area (Å²) >= 11 is 0. The molecule has 1 unspecified atom stereocenters. The van der Waals surface area contributed by atoms with Crippen molar-refractivity contribution in [2.75, 3.05) is 39.5 Å². The molecule has 0 radical (unpaired) electrons. The van der Waals surface area contributed by atoms with Crippen molar-refractivity contribution >= 4 is 23.0 Å². The van der Waals surface area contributed by atoms with Gasteiger partial charge in [-0.25, -0.2) is 19.7 Å². The molecule has 0 bridgehead atoms. The molecule has 5 atom stereocenters. The highest BCUT2D eigenvalue weighted by molar-refractivity contribution is 5.81. The number of amides is 2. The van der Waals surface area contributed by atoms with E-state index in [-0.39, 0.29) is 17.3 Å². The second kappa shape index (κ2) is 10.7. The van der Waals surface area contributed by atoms with Crippen LogP contribution in [0.15, 0.2) is 36.6 Å². The number of rotatable bonds is 7. The molecule has 4 rings (SSSR count). The number of fused-ring (bicyclic) bond motifs is 1. The van der Waals surface area contributed by atoms with E-state index >= 15 is 0 Å². The standard InChI is InChI=1S/C25H38N8O4/c1-25(2,3)15-6-8-16(9-7-15)30-24(36)32(5)11-10-31(4)12-17-19(34)20(35)23(37-17)33-14-29-18-21(26)27-13-28-22(18)33/h6,8-9,13-15,17,19-20,23,34-35H,7,10-12H2,1-5H3,(H,30,36)(H2,26,27,28)/t15?,17-,19-,20-,23-/m1/s1. The Kier molecular flexibility index (Phi) is 7.83. The zero-order valence-electron chi connectivity index (χ0n) is 22.1. The topological polar surface area (TPSA) is 155 Å². The number of carbonyl (C=O) groups excluding carboxylic acids is 1. The molecule has 5 N–H and O–H groups in total. The number of aromatic nitrogens is 4. The van der Waals surface area contributed by atoms with Crippen LogP contribution in [0.3, 0.4) is 0 Å². The second-order valence-electron chi connectivity index (χ2n) is 11.0. The van der Waals surface area contributed by atoms with Crippen LogP contribution >= 0.6 is 0 Å². The van der Waals surface area contributed by atoms with Crippen molar-refractivity contribution < 1.29 is 19.7 Å². The summed E-state index contributed by atoms with van der Waals surface area (Å²) in [6, 6.07) is -0.181. The smallest absolute Gasteiger partial charge is 0.321 e. The summed E-state index contributed by atoms with van der Waals surface area (Å²) < 4.78 is 7.56. The molecule has 37 heavy (non-hydrogen) atoms.